The van der Waals surface area contributed by atoms with Crippen LogP contribution in [-0.4, -0.2) is 24.3 Å². The number of hydrogen-bond donors (Lipinski definition) is 1. The molecule has 1 saturated heterocycles. The molecule has 0 aliphatic carbocycles. The summed E-state index contributed by atoms with van der Waals surface area (Å²) in [5, 5.41) is 2.51. The fourth-order valence-corrected chi connectivity index (χ4v) is 1.45. The van der Waals surface area contributed by atoms with Gasteiger partial charge in [-0.1, -0.05) is 0 Å². The Kier molecular flexibility index (Phi) is 2.25. The molecule has 5 heteroatoms. The van der Waals surface area contributed by atoms with E-state index in [0.717, 1.165) is 5.69 Å². The van der Waals surface area contributed by atoms with E-state index in [1.54, 1.807) is 0 Å². The summed E-state index contributed by atoms with van der Waals surface area (Å²) >= 11 is 1.44. The first-order valence-corrected chi connectivity index (χ1v) is 4.62. The molecule has 12 heavy (non-hydrogen) atoms. The quantitative estimate of drug-likeness (QED) is 0.752. The zero-order valence-corrected chi connectivity index (χ0v) is 7.34. The monoisotopic (exact) mass is 186 g/mol. The third-order valence-corrected chi connectivity index (χ3v) is 2.37. The number of rotatable bonds is 3. The van der Waals surface area contributed by atoms with Gasteiger partial charge in [0, 0.05) is 5.38 Å². The number of nitrogen functional groups attached to an aromatic ring is 1. The Hall–Kier alpha value is -0.650. The van der Waals surface area contributed by atoms with E-state index in [-0.39, 0.29) is 6.10 Å². The fraction of sp³-hybridized carbons (Fsp3) is 0.571. The number of hydrogen-bond acceptors (Lipinski definition) is 5. The van der Waals surface area contributed by atoms with E-state index < -0.39 is 0 Å². The van der Waals surface area contributed by atoms with Crippen LogP contribution in [0.25, 0.3) is 0 Å². The number of ether oxygens (including phenoxy) is 2. The standard InChI is InChI=1S/C7H10N2O2S/c8-7-9-5(4-12-7)1-11-6-2-10-3-6/h4,6H,1-3H2,(H2,8,9). The first-order chi connectivity index (χ1) is 5.84. The molecule has 0 aromatic carbocycles. The van der Waals surface area contributed by atoms with Gasteiger partial charge >= 0.3 is 0 Å². The molecule has 0 radical (unpaired) electrons. The maximum Gasteiger partial charge on any atom is 0.180 e. The van der Waals surface area contributed by atoms with Crippen LogP contribution in [0.3, 0.4) is 0 Å². The third-order valence-electron chi connectivity index (χ3n) is 1.64. The van der Waals surface area contributed by atoms with Crippen LogP contribution in [0.15, 0.2) is 5.38 Å². The van der Waals surface area contributed by atoms with E-state index in [9.17, 15) is 0 Å². The average molecular weight is 186 g/mol. The van der Waals surface area contributed by atoms with Crippen LogP contribution >= 0.6 is 11.3 Å². The van der Waals surface area contributed by atoms with Crippen LogP contribution in [0.1, 0.15) is 5.69 Å². The maximum absolute atomic E-state index is 5.46. The summed E-state index contributed by atoms with van der Waals surface area (Å²) in [7, 11) is 0. The molecule has 0 amide bonds. The van der Waals surface area contributed by atoms with Gasteiger partial charge in [0.05, 0.1) is 25.5 Å². The normalized spacial score (nSPS) is 17.7. The molecule has 0 atom stereocenters. The van der Waals surface area contributed by atoms with Crippen LogP contribution in [-0.2, 0) is 16.1 Å². The minimum absolute atomic E-state index is 0.257. The zero-order chi connectivity index (χ0) is 8.39. The van der Waals surface area contributed by atoms with E-state index in [1.165, 1.54) is 11.3 Å². The number of anilines is 1. The molecular weight excluding hydrogens is 176 g/mol. The lowest BCUT2D eigenvalue weighted by atomic mass is 10.3. The first-order valence-electron chi connectivity index (χ1n) is 3.74. The first kappa shape index (κ1) is 7.97. The number of thiazole rings is 1. The van der Waals surface area contributed by atoms with Gasteiger partial charge in [-0.05, 0) is 0 Å². The van der Waals surface area contributed by atoms with Crippen LogP contribution < -0.4 is 5.73 Å². The molecule has 1 aliphatic heterocycles. The molecule has 1 aromatic heterocycles. The lowest BCUT2D eigenvalue weighted by Gasteiger charge is -2.25. The van der Waals surface area contributed by atoms with E-state index in [1.807, 2.05) is 5.38 Å². The average Bonchev–Trinajstić information content (AvgIpc) is 2.32. The zero-order valence-electron chi connectivity index (χ0n) is 6.53. The maximum atomic E-state index is 5.46. The van der Waals surface area contributed by atoms with Crippen molar-refractivity contribution < 1.29 is 9.47 Å². The Morgan fingerprint density at radius 1 is 1.75 bits per heavy atom. The van der Waals surface area contributed by atoms with Crippen LogP contribution in [0.2, 0.25) is 0 Å². The predicted octanol–water partition coefficient (Wildman–Crippen LogP) is 0.641. The SMILES string of the molecule is Nc1nc(COC2COC2)cs1. The molecule has 2 N–H and O–H groups in total. The minimum Gasteiger partial charge on any atom is -0.376 e. The summed E-state index contributed by atoms with van der Waals surface area (Å²) in [6, 6.07) is 0. The Morgan fingerprint density at radius 3 is 3.08 bits per heavy atom. The highest BCUT2D eigenvalue weighted by molar-refractivity contribution is 7.13. The number of nitrogens with zero attached hydrogens (tertiary/aromatic N) is 1. The van der Waals surface area contributed by atoms with Gasteiger partial charge in [-0.2, -0.15) is 0 Å². The molecule has 0 spiro atoms. The van der Waals surface area contributed by atoms with Gasteiger partial charge in [-0.15, -0.1) is 11.3 Å². The molecule has 1 fully saturated rings. The van der Waals surface area contributed by atoms with Gasteiger partial charge < -0.3 is 15.2 Å². The fourth-order valence-electron chi connectivity index (χ4n) is 0.902. The molecule has 66 valence electrons. The lowest BCUT2D eigenvalue weighted by molar-refractivity contribution is -0.135. The highest BCUT2D eigenvalue weighted by Crippen LogP contribution is 2.14. The van der Waals surface area contributed by atoms with Crippen molar-refractivity contribution in [3.05, 3.63) is 11.1 Å². The highest BCUT2D eigenvalue weighted by atomic mass is 32.1. The molecule has 1 aliphatic rings. The highest BCUT2D eigenvalue weighted by Gasteiger charge is 2.18. The Balaban J connectivity index is 1.79. The Bertz CT molecular complexity index is 260. The van der Waals surface area contributed by atoms with Crippen molar-refractivity contribution >= 4 is 16.5 Å². The van der Waals surface area contributed by atoms with Crippen LogP contribution in [0.5, 0.6) is 0 Å². The number of nitrogens with two attached hydrogens (primary N) is 1. The van der Waals surface area contributed by atoms with Crippen LogP contribution in [0.4, 0.5) is 5.13 Å². The molecule has 0 unspecified atom stereocenters. The van der Waals surface area contributed by atoms with Gasteiger partial charge in [0.1, 0.15) is 6.10 Å². The summed E-state index contributed by atoms with van der Waals surface area (Å²) < 4.78 is 10.4. The largest absolute Gasteiger partial charge is 0.376 e. The molecule has 2 rings (SSSR count). The van der Waals surface area contributed by atoms with E-state index in [4.69, 9.17) is 15.2 Å². The smallest absolute Gasteiger partial charge is 0.180 e. The summed E-state index contributed by atoms with van der Waals surface area (Å²) in [5.41, 5.74) is 6.37. The number of aromatic nitrogens is 1. The predicted molar refractivity (Wildman–Crippen MR) is 45.9 cm³/mol. The van der Waals surface area contributed by atoms with E-state index in [0.29, 0.717) is 25.0 Å². The Labute approximate surface area is 74.3 Å². The lowest BCUT2D eigenvalue weighted by Crippen LogP contribution is -2.35. The van der Waals surface area contributed by atoms with Gasteiger partial charge in [-0.25, -0.2) is 4.98 Å². The van der Waals surface area contributed by atoms with Crippen molar-refractivity contribution in [3.8, 4) is 0 Å². The van der Waals surface area contributed by atoms with E-state index in [2.05, 4.69) is 4.98 Å². The molecule has 2 heterocycles. The molecule has 1 aromatic rings. The van der Waals surface area contributed by atoms with Crippen molar-refractivity contribution in [2.45, 2.75) is 12.7 Å². The summed E-state index contributed by atoms with van der Waals surface area (Å²) in [6.45, 7) is 1.96. The van der Waals surface area contributed by atoms with Crippen LogP contribution in [0, 0.1) is 0 Å². The van der Waals surface area contributed by atoms with Gasteiger partial charge in [0.25, 0.3) is 0 Å². The van der Waals surface area contributed by atoms with Gasteiger partial charge in [0.15, 0.2) is 5.13 Å². The van der Waals surface area contributed by atoms with E-state index >= 15 is 0 Å². The second kappa shape index (κ2) is 3.38. The van der Waals surface area contributed by atoms with Gasteiger partial charge in [0.2, 0.25) is 0 Å². The minimum atomic E-state index is 0.257. The van der Waals surface area contributed by atoms with Crippen molar-refractivity contribution in [2.24, 2.45) is 0 Å². The second-order valence-electron chi connectivity index (χ2n) is 2.65. The Morgan fingerprint density at radius 2 is 2.58 bits per heavy atom. The molecule has 0 saturated carbocycles. The summed E-state index contributed by atoms with van der Waals surface area (Å²) in [5.74, 6) is 0. The molecular formula is C7H10N2O2S. The van der Waals surface area contributed by atoms with Crippen molar-refractivity contribution in [1.82, 2.24) is 4.98 Å². The third kappa shape index (κ3) is 1.74. The van der Waals surface area contributed by atoms with Gasteiger partial charge in [-0.3, -0.25) is 0 Å². The molecule has 0 bridgehead atoms. The topological polar surface area (TPSA) is 57.4 Å². The van der Waals surface area contributed by atoms with Crippen molar-refractivity contribution in [2.75, 3.05) is 18.9 Å². The van der Waals surface area contributed by atoms with Crippen molar-refractivity contribution in [1.29, 1.82) is 0 Å². The molecule has 4 nitrogen and oxygen atoms in total. The summed E-state index contributed by atoms with van der Waals surface area (Å²) in [4.78, 5) is 4.07. The second-order valence-corrected chi connectivity index (χ2v) is 3.54. The summed E-state index contributed by atoms with van der Waals surface area (Å²) in [6.07, 6.45) is 0.257. The van der Waals surface area contributed by atoms with Crippen molar-refractivity contribution in [3.63, 3.8) is 0 Å².